The Hall–Kier alpha value is -0.0900. The summed E-state index contributed by atoms with van der Waals surface area (Å²) >= 11 is 9.32. The maximum absolute atomic E-state index is 10.3. The van der Waals surface area contributed by atoms with E-state index in [0.717, 1.165) is 22.9 Å². The molecule has 1 aliphatic carbocycles. The van der Waals surface area contributed by atoms with Crippen LogP contribution in [0.3, 0.4) is 0 Å². The molecule has 1 aliphatic rings. The maximum atomic E-state index is 10.3. The van der Waals surface area contributed by atoms with E-state index in [2.05, 4.69) is 15.9 Å². The van der Waals surface area contributed by atoms with E-state index in [1.807, 2.05) is 18.2 Å². The SMILES string of the molecule is N[C@@H](c1ccc(Cl)c(Br)c1)[C@H](O)C1CCCC1. The molecule has 1 saturated carbocycles. The first-order valence-electron chi connectivity index (χ1n) is 5.98. The topological polar surface area (TPSA) is 46.2 Å². The van der Waals surface area contributed by atoms with Gasteiger partial charge in [-0.2, -0.15) is 0 Å². The van der Waals surface area contributed by atoms with E-state index < -0.39 is 6.10 Å². The van der Waals surface area contributed by atoms with Crippen molar-refractivity contribution in [2.24, 2.45) is 11.7 Å². The lowest BCUT2D eigenvalue weighted by atomic mass is 9.91. The van der Waals surface area contributed by atoms with Crippen LogP contribution in [0.5, 0.6) is 0 Å². The molecular formula is C13H17BrClNO. The lowest BCUT2D eigenvalue weighted by Crippen LogP contribution is -2.31. The third-order valence-electron chi connectivity index (χ3n) is 3.58. The molecule has 2 atom stereocenters. The van der Waals surface area contributed by atoms with Crippen molar-refractivity contribution >= 4 is 27.5 Å². The van der Waals surface area contributed by atoms with Gasteiger partial charge in [-0.15, -0.1) is 0 Å². The highest BCUT2D eigenvalue weighted by Gasteiger charge is 2.28. The van der Waals surface area contributed by atoms with Crippen molar-refractivity contribution < 1.29 is 5.11 Å². The molecule has 0 aromatic heterocycles. The van der Waals surface area contributed by atoms with Crippen LogP contribution in [0.15, 0.2) is 22.7 Å². The van der Waals surface area contributed by atoms with Gasteiger partial charge in [0.25, 0.3) is 0 Å². The number of hydrogen-bond acceptors (Lipinski definition) is 2. The van der Waals surface area contributed by atoms with E-state index in [0.29, 0.717) is 10.9 Å². The van der Waals surface area contributed by atoms with E-state index in [1.165, 1.54) is 12.8 Å². The Morgan fingerprint density at radius 3 is 2.59 bits per heavy atom. The van der Waals surface area contributed by atoms with Crippen molar-refractivity contribution in [1.82, 2.24) is 0 Å². The Morgan fingerprint density at radius 2 is 2.00 bits per heavy atom. The summed E-state index contributed by atoms with van der Waals surface area (Å²) < 4.78 is 0.825. The number of nitrogens with two attached hydrogens (primary N) is 1. The summed E-state index contributed by atoms with van der Waals surface area (Å²) in [5.41, 5.74) is 7.05. The van der Waals surface area contributed by atoms with E-state index in [9.17, 15) is 5.11 Å². The van der Waals surface area contributed by atoms with Crippen LogP contribution in [0.4, 0.5) is 0 Å². The third kappa shape index (κ3) is 3.02. The molecule has 1 aromatic rings. The van der Waals surface area contributed by atoms with E-state index in [4.69, 9.17) is 17.3 Å². The van der Waals surface area contributed by atoms with E-state index >= 15 is 0 Å². The molecule has 0 spiro atoms. The van der Waals surface area contributed by atoms with Gasteiger partial charge < -0.3 is 10.8 Å². The fraction of sp³-hybridized carbons (Fsp3) is 0.538. The highest BCUT2D eigenvalue weighted by molar-refractivity contribution is 9.10. The first-order valence-corrected chi connectivity index (χ1v) is 7.15. The maximum Gasteiger partial charge on any atom is 0.0760 e. The molecule has 0 heterocycles. The van der Waals surface area contributed by atoms with Crippen molar-refractivity contribution in [3.63, 3.8) is 0 Å². The minimum atomic E-state index is -0.453. The molecule has 2 nitrogen and oxygen atoms in total. The van der Waals surface area contributed by atoms with Crippen LogP contribution in [0, 0.1) is 5.92 Å². The van der Waals surface area contributed by atoms with Crippen molar-refractivity contribution in [3.8, 4) is 0 Å². The smallest absolute Gasteiger partial charge is 0.0760 e. The van der Waals surface area contributed by atoms with Crippen LogP contribution >= 0.6 is 27.5 Å². The van der Waals surface area contributed by atoms with Gasteiger partial charge in [0.15, 0.2) is 0 Å². The summed E-state index contributed by atoms with van der Waals surface area (Å²) in [5.74, 6) is 0.347. The summed E-state index contributed by atoms with van der Waals surface area (Å²) in [5, 5.41) is 10.9. The van der Waals surface area contributed by atoms with Crippen molar-refractivity contribution in [3.05, 3.63) is 33.3 Å². The molecule has 0 amide bonds. The monoisotopic (exact) mass is 317 g/mol. The Morgan fingerprint density at radius 1 is 1.35 bits per heavy atom. The Kier molecular flexibility index (Phi) is 4.47. The Bertz CT molecular complexity index is 393. The minimum Gasteiger partial charge on any atom is -0.391 e. The average molecular weight is 319 g/mol. The number of aliphatic hydroxyl groups excluding tert-OH is 1. The van der Waals surface area contributed by atoms with Gasteiger partial charge in [-0.3, -0.25) is 0 Å². The number of benzene rings is 1. The van der Waals surface area contributed by atoms with Crippen molar-refractivity contribution in [1.29, 1.82) is 0 Å². The molecule has 0 aliphatic heterocycles. The molecule has 0 saturated heterocycles. The molecule has 0 unspecified atom stereocenters. The lowest BCUT2D eigenvalue weighted by Gasteiger charge is -2.24. The van der Waals surface area contributed by atoms with Crippen LogP contribution < -0.4 is 5.73 Å². The second kappa shape index (κ2) is 5.70. The van der Waals surface area contributed by atoms with Gasteiger partial charge in [-0.05, 0) is 52.4 Å². The quantitative estimate of drug-likeness (QED) is 0.893. The van der Waals surface area contributed by atoms with Gasteiger partial charge in [-0.25, -0.2) is 0 Å². The number of halogens is 2. The van der Waals surface area contributed by atoms with Gasteiger partial charge in [0, 0.05) is 4.47 Å². The molecule has 4 heteroatoms. The van der Waals surface area contributed by atoms with Gasteiger partial charge >= 0.3 is 0 Å². The Balaban J connectivity index is 2.12. The molecule has 17 heavy (non-hydrogen) atoms. The first-order chi connectivity index (χ1) is 8.09. The molecule has 0 radical (unpaired) electrons. The normalized spacial score (nSPS) is 20.5. The van der Waals surface area contributed by atoms with Crippen molar-refractivity contribution in [2.45, 2.75) is 37.8 Å². The van der Waals surface area contributed by atoms with Gasteiger partial charge in [0.2, 0.25) is 0 Å². The molecule has 0 bridgehead atoms. The van der Waals surface area contributed by atoms with Crippen LogP contribution in [-0.4, -0.2) is 11.2 Å². The predicted molar refractivity (Wildman–Crippen MR) is 74.0 cm³/mol. The highest BCUT2D eigenvalue weighted by atomic mass is 79.9. The molecular weight excluding hydrogens is 302 g/mol. The average Bonchev–Trinajstić information content (AvgIpc) is 2.84. The number of rotatable bonds is 3. The van der Waals surface area contributed by atoms with Crippen LogP contribution in [0.1, 0.15) is 37.3 Å². The summed E-state index contributed by atoms with van der Waals surface area (Å²) in [4.78, 5) is 0. The molecule has 94 valence electrons. The first kappa shape index (κ1) is 13.3. The standard InChI is InChI=1S/C13H17BrClNO/c14-10-7-9(5-6-11(10)15)12(16)13(17)8-3-1-2-4-8/h5-8,12-13,17H,1-4,16H2/t12-,13+/m0/s1. The molecule has 2 rings (SSSR count). The van der Waals surface area contributed by atoms with Gasteiger partial charge in [-0.1, -0.05) is 30.5 Å². The fourth-order valence-electron chi connectivity index (χ4n) is 2.51. The lowest BCUT2D eigenvalue weighted by molar-refractivity contribution is 0.0845. The second-order valence-electron chi connectivity index (χ2n) is 4.73. The zero-order valence-corrected chi connectivity index (χ0v) is 11.9. The minimum absolute atomic E-state index is 0.327. The Labute approximate surface area is 115 Å². The van der Waals surface area contributed by atoms with Crippen LogP contribution in [0.25, 0.3) is 0 Å². The molecule has 3 N–H and O–H groups in total. The van der Waals surface area contributed by atoms with Gasteiger partial charge in [0.05, 0.1) is 17.2 Å². The van der Waals surface area contributed by atoms with Gasteiger partial charge in [0.1, 0.15) is 0 Å². The van der Waals surface area contributed by atoms with Crippen LogP contribution in [-0.2, 0) is 0 Å². The molecule has 1 fully saturated rings. The third-order valence-corrected chi connectivity index (χ3v) is 4.79. The summed E-state index contributed by atoms with van der Waals surface area (Å²) in [6.45, 7) is 0. The fourth-order valence-corrected chi connectivity index (χ4v) is 3.02. The second-order valence-corrected chi connectivity index (χ2v) is 6.00. The predicted octanol–water partition coefficient (Wildman–Crippen LogP) is 3.65. The van der Waals surface area contributed by atoms with E-state index in [1.54, 1.807) is 0 Å². The summed E-state index contributed by atoms with van der Waals surface area (Å²) in [6, 6.07) is 5.26. The summed E-state index contributed by atoms with van der Waals surface area (Å²) in [7, 11) is 0. The highest BCUT2D eigenvalue weighted by Crippen LogP contribution is 2.34. The zero-order chi connectivity index (χ0) is 12.4. The van der Waals surface area contributed by atoms with Crippen LogP contribution in [0.2, 0.25) is 5.02 Å². The largest absolute Gasteiger partial charge is 0.391 e. The zero-order valence-electron chi connectivity index (χ0n) is 9.57. The van der Waals surface area contributed by atoms with E-state index in [-0.39, 0.29) is 6.04 Å². The number of aliphatic hydroxyl groups is 1. The summed E-state index contributed by atoms with van der Waals surface area (Å²) in [6.07, 6.45) is 4.13. The molecule has 1 aromatic carbocycles. The number of hydrogen-bond donors (Lipinski definition) is 2. The van der Waals surface area contributed by atoms with Crippen molar-refractivity contribution in [2.75, 3.05) is 0 Å².